The highest BCUT2D eigenvalue weighted by Crippen LogP contribution is 2.38. The van der Waals surface area contributed by atoms with Crippen LogP contribution < -0.4 is 5.56 Å². The highest BCUT2D eigenvalue weighted by Gasteiger charge is 2.45. The minimum absolute atomic E-state index is 0.0217. The Morgan fingerprint density at radius 1 is 1.10 bits per heavy atom. The second-order valence-corrected chi connectivity index (χ2v) is 10.7. The summed E-state index contributed by atoms with van der Waals surface area (Å²) >= 11 is 0. The monoisotopic (exact) mass is 552 g/mol. The highest BCUT2D eigenvalue weighted by molar-refractivity contribution is 5.94. The summed E-state index contributed by atoms with van der Waals surface area (Å²) in [6, 6.07) is 16.5. The number of ether oxygens (including phenoxy) is 1. The SMILES string of the molecule is CC(=O)c1ccc(O)c(CC=C(C)C)c1.CCC1(O)C(=O)OCc2c1cc1n(c2=O)Cc2cc3ccccc3nc2-1. The van der Waals surface area contributed by atoms with E-state index in [1.165, 1.54) is 12.5 Å². The summed E-state index contributed by atoms with van der Waals surface area (Å²) in [7, 11) is 0. The van der Waals surface area contributed by atoms with E-state index in [1.807, 2.05) is 50.3 Å². The first-order valence-corrected chi connectivity index (χ1v) is 13.6. The van der Waals surface area contributed by atoms with Crippen molar-refractivity contribution in [2.75, 3.05) is 0 Å². The normalized spacial score (nSPS) is 16.6. The van der Waals surface area contributed by atoms with Crippen molar-refractivity contribution in [2.45, 2.75) is 59.3 Å². The molecule has 0 amide bonds. The number of rotatable bonds is 4. The fourth-order valence-corrected chi connectivity index (χ4v) is 5.21. The summed E-state index contributed by atoms with van der Waals surface area (Å²) in [5, 5.41) is 21.4. The van der Waals surface area contributed by atoms with Crippen LogP contribution in [0.25, 0.3) is 22.3 Å². The number of pyridine rings is 2. The van der Waals surface area contributed by atoms with Gasteiger partial charge in [-0.2, -0.15) is 0 Å². The van der Waals surface area contributed by atoms with Gasteiger partial charge in [-0.15, -0.1) is 0 Å². The van der Waals surface area contributed by atoms with Gasteiger partial charge >= 0.3 is 5.97 Å². The summed E-state index contributed by atoms with van der Waals surface area (Å²) in [5.74, 6) is -0.438. The number of Topliss-reactive ketones (excluding diaryl/α,β-unsaturated/α-hetero) is 1. The van der Waals surface area contributed by atoms with E-state index in [0.717, 1.165) is 27.7 Å². The van der Waals surface area contributed by atoms with Gasteiger partial charge in [-0.25, -0.2) is 9.78 Å². The number of aromatic hydroxyl groups is 1. The average Bonchev–Trinajstić information content (AvgIpc) is 3.31. The quantitative estimate of drug-likeness (QED) is 0.179. The van der Waals surface area contributed by atoms with E-state index in [0.29, 0.717) is 35.3 Å². The van der Waals surface area contributed by atoms with Crippen LogP contribution in [0.1, 0.15) is 66.7 Å². The Kier molecular flexibility index (Phi) is 7.36. The van der Waals surface area contributed by atoms with Crippen LogP contribution in [0.2, 0.25) is 0 Å². The number of aromatic nitrogens is 2. The summed E-state index contributed by atoms with van der Waals surface area (Å²) in [5.41, 5.74) is 4.45. The van der Waals surface area contributed by atoms with Gasteiger partial charge in [-0.3, -0.25) is 9.59 Å². The van der Waals surface area contributed by atoms with Gasteiger partial charge < -0.3 is 19.5 Å². The number of carbonyl (C=O) groups is 2. The number of nitrogens with zero attached hydrogens (tertiary/aromatic N) is 2. The van der Waals surface area contributed by atoms with Crippen molar-refractivity contribution in [2.24, 2.45) is 0 Å². The maximum absolute atomic E-state index is 13.0. The van der Waals surface area contributed by atoms with Gasteiger partial charge in [0.25, 0.3) is 5.56 Å². The van der Waals surface area contributed by atoms with Crippen molar-refractivity contribution in [3.05, 3.63) is 104 Å². The molecule has 0 bridgehead atoms. The maximum Gasteiger partial charge on any atom is 0.343 e. The number of para-hydroxylation sites is 1. The van der Waals surface area contributed by atoms with E-state index in [-0.39, 0.29) is 30.1 Å². The molecule has 2 aliphatic rings. The summed E-state index contributed by atoms with van der Waals surface area (Å²) in [6.45, 7) is 7.55. The second-order valence-electron chi connectivity index (χ2n) is 10.7. The first-order chi connectivity index (χ1) is 19.5. The molecule has 8 nitrogen and oxygen atoms in total. The number of benzene rings is 2. The van der Waals surface area contributed by atoms with Gasteiger partial charge in [0, 0.05) is 22.1 Å². The van der Waals surface area contributed by atoms with E-state index in [2.05, 4.69) is 0 Å². The van der Waals surface area contributed by atoms with Crippen molar-refractivity contribution in [3.63, 3.8) is 0 Å². The molecule has 0 aliphatic carbocycles. The minimum atomic E-state index is -1.79. The van der Waals surface area contributed by atoms with Crippen molar-refractivity contribution in [1.29, 1.82) is 0 Å². The van der Waals surface area contributed by atoms with E-state index >= 15 is 0 Å². The Morgan fingerprint density at radius 3 is 2.56 bits per heavy atom. The number of phenolic OH excluding ortho intramolecular Hbond substituents is 1. The molecule has 0 saturated carbocycles. The number of phenols is 1. The lowest BCUT2D eigenvalue weighted by molar-refractivity contribution is -0.172. The number of ketones is 1. The number of cyclic esters (lactones) is 1. The Bertz CT molecular complexity index is 1800. The van der Waals surface area contributed by atoms with Crippen LogP contribution in [0.5, 0.6) is 5.75 Å². The predicted molar refractivity (Wildman–Crippen MR) is 156 cm³/mol. The molecule has 1 atom stereocenters. The molecule has 2 aliphatic heterocycles. The van der Waals surface area contributed by atoms with Crippen molar-refractivity contribution in [3.8, 4) is 17.1 Å². The maximum atomic E-state index is 13.0. The predicted octanol–water partition coefficient (Wildman–Crippen LogP) is 5.18. The Morgan fingerprint density at radius 2 is 1.85 bits per heavy atom. The van der Waals surface area contributed by atoms with Gasteiger partial charge in [0.1, 0.15) is 12.4 Å². The lowest BCUT2D eigenvalue weighted by Gasteiger charge is -2.31. The van der Waals surface area contributed by atoms with Crippen LogP contribution in [0.15, 0.2) is 71.0 Å². The Balaban J connectivity index is 0.000000193. The Labute approximate surface area is 237 Å². The molecular formula is C33H32N2O6. The van der Waals surface area contributed by atoms with Gasteiger partial charge in [-0.1, -0.05) is 36.8 Å². The van der Waals surface area contributed by atoms with E-state index in [9.17, 15) is 24.6 Å². The number of hydrogen-bond acceptors (Lipinski definition) is 7. The van der Waals surface area contributed by atoms with E-state index in [1.54, 1.807) is 35.8 Å². The number of fused-ring (bicyclic) bond motifs is 5. The minimum Gasteiger partial charge on any atom is -0.508 e. The summed E-state index contributed by atoms with van der Waals surface area (Å²) in [4.78, 5) is 41.0. The molecule has 2 aromatic heterocycles. The molecule has 1 unspecified atom stereocenters. The fourth-order valence-electron chi connectivity index (χ4n) is 5.21. The van der Waals surface area contributed by atoms with Crippen LogP contribution in [0, 0.1) is 0 Å². The van der Waals surface area contributed by atoms with Gasteiger partial charge in [-0.05, 0) is 75.6 Å². The third-order valence-corrected chi connectivity index (χ3v) is 7.63. The van der Waals surface area contributed by atoms with E-state index in [4.69, 9.17) is 9.72 Å². The number of hydrogen-bond donors (Lipinski definition) is 2. The van der Waals surface area contributed by atoms with Gasteiger partial charge in [0.15, 0.2) is 11.4 Å². The van der Waals surface area contributed by atoms with Gasteiger partial charge in [0.05, 0.1) is 29.0 Å². The summed E-state index contributed by atoms with van der Waals surface area (Å²) < 4.78 is 6.72. The molecule has 0 radical (unpaired) electrons. The third kappa shape index (κ3) is 5.07. The molecule has 0 fully saturated rings. The zero-order valence-corrected chi connectivity index (χ0v) is 23.5. The molecule has 8 heteroatoms. The zero-order valence-electron chi connectivity index (χ0n) is 23.5. The first-order valence-electron chi connectivity index (χ1n) is 13.6. The fraction of sp³-hybridized carbons (Fsp3) is 0.273. The molecule has 4 aromatic rings. The molecule has 6 rings (SSSR count). The van der Waals surface area contributed by atoms with Crippen molar-refractivity contribution in [1.82, 2.24) is 9.55 Å². The van der Waals surface area contributed by atoms with Gasteiger partial charge in [0.2, 0.25) is 0 Å². The zero-order chi connectivity index (χ0) is 29.5. The molecule has 0 saturated heterocycles. The highest BCUT2D eigenvalue weighted by atomic mass is 16.6. The third-order valence-electron chi connectivity index (χ3n) is 7.63. The molecule has 41 heavy (non-hydrogen) atoms. The van der Waals surface area contributed by atoms with Crippen LogP contribution in [0.3, 0.4) is 0 Å². The van der Waals surface area contributed by atoms with Crippen LogP contribution in [-0.2, 0) is 34.7 Å². The number of allylic oxidation sites excluding steroid dienone is 2. The largest absolute Gasteiger partial charge is 0.508 e. The van der Waals surface area contributed by atoms with Crippen molar-refractivity contribution < 1.29 is 24.5 Å². The van der Waals surface area contributed by atoms with Crippen LogP contribution in [0.4, 0.5) is 0 Å². The van der Waals surface area contributed by atoms with E-state index < -0.39 is 11.6 Å². The average molecular weight is 553 g/mol. The smallest absolute Gasteiger partial charge is 0.343 e. The molecule has 210 valence electrons. The van der Waals surface area contributed by atoms with Crippen LogP contribution >= 0.6 is 0 Å². The number of esters is 1. The first kappa shape index (κ1) is 28.0. The topological polar surface area (TPSA) is 119 Å². The summed E-state index contributed by atoms with van der Waals surface area (Å²) in [6.07, 6.45) is 2.83. The standard InChI is InChI=1S/C20H16N2O4.C13H16O2/c1-2-20(25)14-8-16-17-12(7-11-5-3-4-6-15(11)21-17)9-22(16)18(23)13(14)10-26-19(20)24;1-9(2)4-5-12-8-11(10(3)14)6-7-13(12)15/h3-8,25H,2,9-10H2,1H3;4,6-8,15H,5H2,1-3H3. The molecular weight excluding hydrogens is 520 g/mol. The second kappa shape index (κ2) is 10.8. The lowest BCUT2D eigenvalue weighted by atomic mass is 9.86. The molecule has 2 aromatic carbocycles. The van der Waals surface area contributed by atoms with Crippen molar-refractivity contribution >= 4 is 22.7 Å². The number of carbonyl (C=O) groups excluding carboxylic acids is 2. The lowest BCUT2D eigenvalue weighted by Crippen LogP contribution is -2.44. The number of aliphatic hydroxyl groups is 1. The molecule has 2 N–H and O–H groups in total. The molecule has 0 spiro atoms. The van der Waals surface area contributed by atoms with Crippen LogP contribution in [-0.4, -0.2) is 31.5 Å². The molecule has 4 heterocycles. The Hall–Kier alpha value is -4.56.